The molecule has 8 heteroatoms. The highest BCUT2D eigenvalue weighted by Crippen LogP contribution is 2.10. The van der Waals surface area contributed by atoms with E-state index in [1.807, 2.05) is 0 Å². The molecule has 0 bridgehead atoms. The quantitative estimate of drug-likeness (QED) is 0.555. The Bertz CT molecular complexity index is 784. The first-order chi connectivity index (χ1) is 13.4. The molecule has 0 aliphatic heterocycles. The predicted molar refractivity (Wildman–Crippen MR) is 105 cm³/mol. The number of nitrogens with zero attached hydrogens (tertiary/aromatic N) is 1. The summed E-state index contributed by atoms with van der Waals surface area (Å²) in [6.07, 6.45) is 0.884. The number of hydrogen-bond donors (Lipinski definition) is 3. The molecule has 2 aromatic carbocycles. The molecule has 0 aliphatic carbocycles. The van der Waals surface area contributed by atoms with Crippen LogP contribution in [0.5, 0.6) is 5.75 Å². The fraction of sp³-hybridized carbons (Fsp3) is 0.300. The van der Waals surface area contributed by atoms with Crippen LogP contribution in [0, 0.1) is 5.82 Å². The van der Waals surface area contributed by atoms with E-state index in [1.54, 1.807) is 36.4 Å². The molecule has 2 amide bonds. The van der Waals surface area contributed by atoms with E-state index in [2.05, 4.69) is 10.2 Å². The summed E-state index contributed by atoms with van der Waals surface area (Å²) in [5.41, 5.74) is 1.73. The van der Waals surface area contributed by atoms with Crippen LogP contribution in [0.4, 0.5) is 4.39 Å². The zero-order valence-electron chi connectivity index (χ0n) is 15.5. The molecule has 2 rings (SSSR count). The van der Waals surface area contributed by atoms with Crippen LogP contribution in [0.3, 0.4) is 0 Å². The summed E-state index contributed by atoms with van der Waals surface area (Å²) >= 11 is 5.70. The zero-order valence-corrected chi connectivity index (χ0v) is 16.2. The molecule has 1 atom stereocenters. The lowest BCUT2D eigenvalue weighted by molar-refractivity contribution is -0.136. The SMILES string of the molecule is CN(CC(=O)NCCc1ccc(O)cc1)C(=O)[C@@H](Cc1ccc(F)cc1)NCl. The maximum atomic E-state index is 13.0. The van der Waals surface area contributed by atoms with Crippen LogP contribution in [0.15, 0.2) is 48.5 Å². The summed E-state index contributed by atoms with van der Waals surface area (Å²) < 4.78 is 13.0. The number of halogens is 2. The third kappa shape index (κ3) is 6.83. The molecule has 28 heavy (non-hydrogen) atoms. The first-order valence-electron chi connectivity index (χ1n) is 8.79. The number of rotatable bonds is 9. The van der Waals surface area contributed by atoms with E-state index in [1.165, 1.54) is 24.1 Å². The number of likely N-dealkylation sites (N-methyl/N-ethyl adjacent to an activating group) is 1. The minimum atomic E-state index is -0.734. The molecule has 0 spiro atoms. The van der Waals surface area contributed by atoms with Gasteiger partial charge in [0.05, 0.1) is 6.54 Å². The average molecular weight is 408 g/mol. The van der Waals surface area contributed by atoms with Gasteiger partial charge in [0.2, 0.25) is 11.8 Å². The Balaban J connectivity index is 1.79. The molecular formula is C20H23ClFN3O3. The summed E-state index contributed by atoms with van der Waals surface area (Å²) in [6, 6.07) is 11.8. The number of phenols is 1. The van der Waals surface area contributed by atoms with Crippen molar-refractivity contribution in [2.24, 2.45) is 0 Å². The second-order valence-electron chi connectivity index (χ2n) is 6.45. The number of amides is 2. The summed E-state index contributed by atoms with van der Waals surface area (Å²) in [4.78, 5) is 28.3. The van der Waals surface area contributed by atoms with Gasteiger partial charge in [-0.3, -0.25) is 9.59 Å². The van der Waals surface area contributed by atoms with Gasteiger partial charge in [0.15, 0.2) is 0 Å². The Morgan fingerprint density at radius 1 is 1.11 bits per heavy atom. The van der Waals surface area contributed by atoms with Crippen molar-refractivity contribution in [1.82, 2.24) is 15.1 Å². The topological polar surface area (TPSA) is 81.7 Å². The lowest BCUT2D eigenvalue weighted by Gasteiger charge is -2.22. The van der Waals surface area contributed by atoms with Gasteiger partial charge in [-0.25, -0.2) is 9.23 Å². The van der Waals surface area contributed by atoms with Crippen molar-refractivity contribution in [3.63, 3.8) is 0 Å². The molecule has 2 aromatic rings. The standard InChI is InChI=1S/C20H23ClFN3O3/c1-25(13-19(27)23-11-10-14-4-8-17(26)9-5-14)20(28)18(24-21)12-15-2-6-16(22)7-3-15/h2-9,18,24,26H,10-13H2,1H3,(H,23,27)/t18-/m1/s1. The number of benzene rings is 2. The fourth-order valence-corrected chi connectivity index (χ4v) is 2.82. The van der Waals surface area contributed by atoms with Crippen molar-refractivity contribution in [2.45, 2.75) is 18.9 Å². The summed E-state index contributed by atoms with van der Waals surface area (Å²) in [5.74, 6) is -0.791. The highest BCUT2D eigenvalue weighted by Gasteiger charge is 2.23. The van der Waals surface area contributed by atoms with Gasteiger partial charge in [0.1, 0.15) is 17.6 Å². The first-order valence-corrected chi connectivity index (χ1v) is 9.17. The van der Waals surface area contributed by atoms with E-state index < -0.39 is 6.04 Å². The van der Waals surface area contributed by atoms with E-state index >= 15 is 0 Å². The molecule has 0 heterocycles. The number of aromatic hydroxyl groups is 1. The molecule has 0 aromatic heterocycles. The summed E-state index contributed by atoms with van der Waals surface area (Å²) in [5, 5.41) is 12.0. The Morgan fingerprint density at radius 3 is 2.32 bits per heavy atom. The number of nitrogens with one attached hydrogen (secondary N) is 2. The largest absolute Gasteiger partial charge is 0.508 e. The zero-order chi connectivity index (χ0) is 20.5. The second kappa shape index (κ2) is 10.6. The number of carbonyl (C=O) groups excluding carboxylic acids is 2. The van der Waals surface area contributed by atoms with Crippen molar-refractivity contribution >= 4 is 23.6 Å². The third-order valence-electron chi connectivity index (χ3n) is 4.21. The summed E-state index contributed by atoms with van der Waals surface area (Å²) in [7, 11) is 1.52. The Hall–Kier alpha value is -2.64. The van der Waals surface area contributed by atoms with Gasteiger partial charge in [-0.1, -0.05) is 24.3 Å². The van der Waals surface area contributed by atoms with Gasteiger partial charge < -0.3 is 15.3 Å². The van der Waals surface area contributed by atoms with Gasteiger partial charge in [0.25, 0.3) is 0 Å². The minimum absolute atomic E-state index is 0.104. The van der Waals surface area contributed by atoms with E-state index in [4.69, 9.17) is 11.8 Å². The maximum absolute atomic E-state index is 13.0. The van der Waals surface area contributed by atoms with Crippen molar-refractivity contribution in [3.05, 3.63) is 65.5 Å². The number of carbonyl (C=O) groups is 2. The van der Waals surface area contributed by atoms with Gasteiger partial charge >= 0.3 is 0 Å². The Morgan fingerprint density at radius 2 is 1.71 bits per heavy atom. The smallest absolute Gasteiger partial charge is 0.241 e. The molecule has 0 unspecified atom stereocenters. The van der Waals surface area contributed by atoms with Gasteiger partial charge in [-0.05, 0) is 60.0 Å². The van der Waals surface area contributed by atoms with E-state index in [0.29, 0.717) is 13.0 Å². The predicted octanol–water partition coefficient (Wildman–Crippen LogP) is 2.00. The van der Waals surface area contributed by atoms with E-state index in [0.717, 1.165) is 11.1 Å². The first kappa shape index (κ1) is 21.7. The monoisotopic (exact) mass is 407 g/mol. The van der Waals surface area contributed by atoms with Crippen LogP contribution in [-0.4, -0.2) is 48.0 Å². The fourth-order valence-electron chi connectivity index (χ4n) is 2.65. The lowest BCUT2D eigenvalue weighted by Crippen LogP contribution is -2.47. The number of hydrogen-bond acceptors (Lipinski definition) is 4. The normalized spacial score (nSPS) is 11.7. The Labute approximate surface area is 168 Å². The highest BCUT2D eigenvalue weighted by atomic mass is 35.5. The van der Waals surface area contributed by atoms with Crippen LogP contribution in [0.25, 0.3) is 0 Å². The van der Waals surface area contributed by atoms with Crippen molar-refractivity contribution in [1.29, 1.82) is 0 Å². The molecule has 0 saturated heterocycles. The van der Waals surface area contributed by atoms with Gasteiger partial charge in [-0.15, -0.1) is 0 Å². The van der Waals surface area contributed by atoms with E-state index in [9.17, 15) is 19.1 Å². The summed E-state index contributed by atoms with van der Waals surface area (Å²) in [6.45, 7) is 0.311. The maximum Gasteiger partial charge on any atom is 0.241 e. The molecule has 6 nitrogen and oxygen atoms in total. The van der Waals surface area contributed by atoms with Gasteiger partial charge in [-0.2, -0.15) is 0 Å². The van der Waals surface area contributed by atoms with Crippen molar-refractivity contribution < 1.29 is 19.1 Å². The van der Waals surface area contributed by atoms with Gasteiger partial charge in [0, 0.05) is 13.6 Å². The van der Waals surface area contributed by atoms with Crippen LogP contribution in [0.2, 0.25) is 0 Å². The van der Waals surface area contributed by atoms with Crippen LogP contribution < -0.4 is 10.2 Å². The molecule has 0 fully saturated rings. The molecule has 0 aliphatic rings. The average Bonchev–Trinajstić information content (AvgIpc) is 2.68. The number of phenolic OH excluding ortho intramolecular Hbond substituents is 1. The Kier molecular flexibility index (Phi) is 8.22. The minimum Gasteiger partial charge on any atom is -0.508 e. The van der Waals surface area contributed by atoms with Crippen LogP contribution in [0.1, 0.15) is 11.1 Å². The third-order valence-corrected chi connectivity index (χ3v) is 4.48. The molecule has 150 valence electrons. The van der Waals surface area contributed by atoms with E-state index in [-0.39, 0.29) is 36.3 Å². The molecular weight excluding hydrogens is 385 g/mol. The van der Waals surface area contributed by atoms with Crippen LogP contribution in [-0.2, 0) is 22.4 Å². The van der Waals surface area contributed by atoms with Crippen LogP contribution >= 0.6 is 11.8 Å². The molecule has 0 saturated carbocycles. The second-order valence-corrected chi connectivity index (χ2v) is 6.67. The molecule has 0 radical (unpaired) electrons. The lowest BCUT2D eigenvalue weighted by atomic mass is 10.1. The molecule has 3 N–H and O–H groups in total. The van der Waals surface area contributed by atoms with Crippen molar-refractivity contribution in [2.75, 3.05) is 20.1 Å². The van der Waals surface area contributed by atoms with Crippen molar-refractivity contribution in [3.8, 4) is 5.75 Å². The highest BCUT2D eigenvalue weighted by molar-refractivity contribution is 6.15.